The summed E-state index contributed by atoms with van der Waals surface area (Å²) in [6.45, 7) is 1.80. The highest BCUT2D eigenvalue weighted by Crippen LogP contribution is 2.20. The molecule has 0 N–H and O–H groups in total. The van der Waals surface area contributed by atoms with Crippen molar-refractivity contribution in [3.05, 3.63) is 35.4 Å². The summed E-state index contributed by atoms with van der Waals surface area (Å²) in [5.74, 6) is -1.94. The molecule has 0 unspecified atom stereocenters. The average Bonchev–Trinajstić information content (AvgIpc) is 2.25. The van der Waals surface area contributed by atoms with E-state index in [0.717, 1.165) is 5.56 Å². The van der Waals surface area contributed by atoms with Crippen molar-refractivity contribution >= 4 is 11.5 Å². The first-order chi connectivity index (χ1) is 8.21. The van der Waals surface area contributed by atoms with E-state index in [4.69, 9.17) is 0 Å². The van der Waals surface area contributed by atoms with Gasteiger partial charge in [0.25, 0.3) is 5.78 Å². The third kappa shape index (κ3) is 3.58. The van der Waals surface area contributed by atoms with E-state index in [1.165, 1.54) is 31.2 Å². The standard InChI is InChI=1S/C12H13F3N2O/c1-8-4-6-9(7-5-8)10(16-17(2)3)11(18)12(13,14)15/h4-7H,1-3H3. The van der Waals surface area contributed by atoms with E-state index in [0.29, 0.717) is 0 Å². The second-order valence-electron chi connectivity index (χ2n) is 3.99. The van der Waals surface area contributed by atoms with Gasteiger partial charge in [-0.25, -0.2) is 0 Å². The van der Waals surface area contributed by atoms with Gasteiger partial charge in [0.1, 0.15) is 5.71 Å². The van der Waals surface area contributed by atoms with Gasteiger partial charge < -0.3 is 5.01 Å². The quantitative estimate of drug-likeness (QED) is 0.616. The maximum Gasteiger partial charge on any atom is 0.456 e. The molecule has 0 heterocycles. The Morgan fingerprint density at radius 2 is 1.67 bits per heavy atom. The number of alkyl halides is 3. The first-order valence-electron chi connectivity index (χ1n) is 5.16. The SMILES string of the molecule is Cc1ccc(C(=NN(C)C)C(=O)C(F)(F)F)cc1. The predicted octanol–water partition coefficient (Wildman–Crippen LogP) is 2.39. The molecule has 98 valence electrons. The minimum atomic E-state index is -4.93. The van der Waals surface area contributed by atoms with Gasteiger partial charge in [-0.1, -0.05) is 29.8 Å². The molecule has 0 aliphatic carbocycles. The Hall–Kier alpha value is -1.85. The van der Waals surface area contributed by atoms with Crippen LogP contribution < -0.4 is 0 Å². The van der Waals surface area contributed by atoms with Crippen molar-refractivity contribution in [1.82, 2.24) is 5.01 Å². The number of halogens is 3. The van der Waals surface area contributed by atoms with Crippen molar-refractivity contribution in [2.45, 2.75) is 13.1 Å². The van der Waals surface area contributed by atoms with E-state index in [1.807, 2.05) is 0 Å². The van der Waals surface area contributed by atoms with E-state index in [-0.39, 0.29) is 5.56 Å². The highest BCUT2D eigenvalue weighted by atomic mass is 19.4. The summed E-state index contributed by atoms with van der Waals surface area (Å²) < 4.78 is 37.4. The summed E-state index contributed by atoms with van der Waals surface area (Å²) >= 11 is 0. The van der Waals surface area contributed by atoms with Crippen molar-refractivity contribution in [3.8, 4) is 0 Å². The number of hydrogen-bond donors (Lipinski definition) is 0. The normalized spacial score (nSPS) is 12.4. The molecule has 0 spiro atoms. The van der Waals surface area contributed by atoms with Crippen molar-refractivity contribution < 1.29 is 18.0 Å². The molecular weight excluding hydrogens is 245 g/mol. The highest BCUT2D eigenvalue weighted by Gasteiger charge is 2.42. The lowest BCUT2D eigenvalue weighted by Gasteiger charge is -2.12. The molecule has 0 atom stereocenters. The van der Waals surface area contributed by atoms with Crippen LogP contribution in [0, 0.1) is 6.92 Å². The molecule has 0 aliphatic heterocycles. The van der Waals surface area contributed by atoms with Crippen LogP contribution in [0.15, 0.2) is 29.4 Å². The molecule has 0 saturated carbocycles. The first-order valence-corrected chi connectivity index (χ1v) is 5.16. The van der Waals surface area contributed by atoms with Gasteiger partial charge in [0.15, 0.2) is 0 Å². The van der Waals surface area contributed by atoms with Gasteiger partial charge in [0, 0.05) is 19.7 Å². The molecule has 6 heteroatoms. The van der Waals surface area contributed by atoms with Crippen molar-refractivity contribution in [2.24, 2.45) is 5.10 Å². The van der Waals surface area contributed by atoms with Crippen molar-refractivity contribution in [3.63, 3.8) is 0 Å². The molecule has 0 fully saturated rings. The first kappa shape index (κ1) is 14.2. The van der Waals surface area contributed by atoms with Crippen LogP contribution in [-0.4, -0.2) is 36.8 Å². The van der Waals surface area contributed by atoms with Crippen LogP contribution in [0.3, 0.4) is 0 Å². The minimum absolute atomic E-state index is 0.150. The zero-order valence-corrected chi connectivity index (χ0v) is 10.2. The van der Waals surface area contributed by atoms with Gasteiger partial charge in [-0.3, -0.25) is 4.79 Å². The van der Waals surface area contributed by atoms with Crippen LogP contribution in [0.4, 0.5) is 13.2 Å². The zero-order valence-electron chi connectivity index (χ0n) is 10.2. The molecule has 0 radical (unpaired) electrons. The number of rotatable bonds is 3. The average molecular weight is 258 g/mol. The summed E-state index contributed by atoms with van der Waals surface area (Å²) in [5.41, 5.74) is 0.437. The fraction of sp³-hybridized carbons (Fsp3) is 0.333. The molecule has 1 aromatic rings. The van der Waals surface area contributed by atoms with E-state index < -0.39 is 17.7 Å². The summed E-state index contributed by atoms with van der Waals surface area (Å²) in [6.07, 6.45) is -4.93. The number of aryl methyl sites for hydroxylation is 1. The number of hydrogen-bond acceptors (Lipinski definition) is 3. The monoisotopic (exact) mass is 258 g/mol. The summed E-state index contributed by atoms with van der Waals surface area (Å²) in [7, 11) is 2.91. The molecule has 3 nitrogen and oxygen atoms in total. The summed E-state index contributed by atoms with van der Waals surface area (Å²) in [4.78, 5) is 11.3. The Morgan fingerprint density at radius 3 is 2.06 bits per heavy atom. The Bertz CT molecular complexity index is 461. The molecule has 0 amide bonds. The highest BCUT2D eigenvalue weighted by molar-refractivity contribution is 6.47. The van der Waals surface area contributed by atoms with Crippen molar-refractivity contribution in [1.29, 1.82) is 0 Å². The fourth-order valence-electron chi connectivity index (χ4n) is 1.28. The molecule has 0 bridgehead atoms. The predicted molar refractivity (Wildman–Crippen MR) is 62.5 cm³/mol. The van der Waals surface area contributed by atoms with Gasteiger partial charge in [0.2, 0.25) is 0 Å². The smallest absolute Gasteiger partial charge is 0.302 e. The molecule has 0 aromatic heterocycles. The maximum absolute atomic E-state index is 12.5. The lowest BCUT2D eigenvalue weighted by molar-refractivity contribution is -0.163. The van der Waals surface area contributed by atoms with E-state index >= 15 is 0 Å². The number of carbonyl (C=O) groups is 1. The number of nitrogens with zero attached hydrogens (tertiary/aromatic N) is 2. The zero-order chi connectivity index (χ0) is 13.9. The Morgan fingerprint density at radius 1 is 1.17 bits per heavy atom. The third-order valence-electron chi connectivity index (χ3n) is 2.10. The van der Waals surface area contributed by atoms with Gasteiger partial charge in [-0.05, 0) is 6.92 Å². The molecule has 18 heavy (non-hydrogen) atoms. The fourth-order valence-corrected chi connectivity index (χ4v) is 1.28. The van der Waals surface area contributed by atoms with Crippen LogP contribution in [-0.2, 0) is 4.79 Å². The Labute approximate surface area is 103 Å². The third-order valence-corrected chi connectivity index (χ3v) is 2.10. The van der Waals surface area contributed by atoms with E-state index in [2.05, 4.69) is 5.10 Å². The van der Waals surface area contributed by atoms with Gasteiger partial charge >= 0.3 is 6.18 Å². The van der Waals surface area contributed by atoms with E-state index in [1.54, 1.807) is 19.1 Å². The Balaban J connectivity index is 3.23. The minimum Gasteiger partial charge on any atom is -0.302 e. The van der Waals surface area contributed by atoms with Crippen LogP contribution >= 0.6 is 0 Å². The molecule has 1 rings (SSSR count). The second kappa shape index (κ2) is 5.20. The van der Waals surface area contributed by atoms with Crippen LogP contribution in [0.2, 0.25) is 0 Å². The molecular formula is C12H13F3N2O. The van der Waals surface area contributed by atoms with Gasteiger partial charge in [-0.2, -0.15) is 18.3 Å². The lowest BCUT2D eigenvalue weighted by atomic mass is 10.0. The lowest BCUT2D eigenvalue weighted by Crippen LogP contribution is -2.32. The van der Waals surface area contributed by atoms with Gasteiger partial charge in [0.05, 0.1) is 0 Å². The van der Waals surface area contributed by atoms with Crippen LogP contribution in [0.25, 0.3) is 0 Å². The Kier molecular flexibility index (Phi) is 4.11. The van der Waals surface area contributed by atoms with Gasteiger partial charge in [-0.15, -0.1) is 0 Å². The van der Waals surface area contributed by atoms with E-state index in [9.17, 15) is 18.0 Å². The van der Waals surface area contributed by atoms with Crippen LogP contribution in [0.1, 0.15) is 11.1 Å². The summed E-state index contributed by atoms with van der Waals surface area (Å²) in [5, 5.41) is 4.79. The second-order valence-corrected chi connectivity index (χ2v) is 3.99. The summed E-state index contributed by atoms with van der Waals surface area (Å²) in [6, 6.07) is 6.15. The van der Waals surface area contributed by atoms with Crippen LogP contribution in [0.5, 0.6) is 0 Å². The molecule has 0 aliphatic rings. The number of Topliss-reactive ketones (excluding diaryl/α,β-unsaturated/α-hetero) is 1. The maximum atomic E-state index is 12.5. The van der Waals surface area contributed by atoms with Crippen molar-refractivity contribution in [2.75, 3.05) is 14.1 Å². The number of hydrazone groups is 1. The topological polar surface area (TPSA) is 32.7 Å². The largest absolute Gasteiger partial charge is 0.456 e. The number of carbonyl (C=O) groups excluding carboxylic acids is 1. The molecule has 0 saturated heterocycles. The number of ketones is 1. The molecule has 1 aromatic carbocycles. The number of benzene rings is 1.